The lowest BCUT2D eigenvalue weighted by molar-refractivity contribution is -0.142. The third kappa shape index (κ3) is 9.62. The van der Waals surface area contributed by atoms with Crippen molar-refractivity contribution in [2.24, 2.45) is 11.3 Å². The van der Waals surface area contributed by atoms with Crippen LogP contribution in [0.5, 0.6) is 0 Å². The third-order valence-electron chi connectivity index (χ3n) is 9.41. The van der Waals surface area contributed by atoms with Gasteiger partial charge in [-0.15, -0.1) is 11.3 Å². The van der Waals surface area contributed by atoms with Gasteiger partial charge in [-0.05, 0) is 68.8 Å². The Balaban J connectivity index is 1.16. The van der Waals surface area contributed by atoms with E-state index in [2.05, 4.69) is 41.5 Å². The number of nitrogens with one attached hydrogen (secondary N) is 5. The van der Waals surface area contributed by atoms with Crippen molar-refractivity contribution in [3.63, 3.8) is 0 Å². The molecule has 14 heteroatoms. The zero-order chi connectivity index (χ0) is 35.8. The molecule has 0 spiro atoms. The van der Waals surface area contributed by atoms with E-state index in [-0.39, 0.29) is 30.6 Å². The van der Waals surface area contributed by atoms with Gasteiger partial charge in [0.1, 0.15) is 23.6 Å². The number of aliphatic hydroxyl groups excluding tert-OH is 1. The summed E-state index contributed by atoms with van der Waals surface area (Å²) in [5, 5.41) is 26.5. The molecule has 0 radical (unpaired) electrons. The number of β-amino-alcohol motifs (C(OH)–C–C–N with tert-alkyl or cyclic N) is 1. The Morgan fingerprint density at radius 2 is 1.78 bits per heavy atom. The molecule has 4 heterocycles. The van der Waals surface area contributed by atoms with Crippen LogP contribution in [0.4, 0.5) is 5.82 Å². The molecule has 2 aliphatic rings. The first-order chi connectivity index (χ1) is 23.9. The molecule has 2 saturated heterocycles. The molecule has 270 valence electrons. The van der Waals surface area contributed by atoms with Gasteiger partial charge < -0.3 is 36.6 Å². The van der Waals surface area contributed by atoms with Crippen molar-refractivity contribution in [2.75, 3.05) is 44.6 Å². The van der Waals surface area contributed by atoms with Gasteiger partial charge in [0, 0.05) is 26.1 Å². The maximum Gasteiger partial charge on any atom is 0.272 e. The summed E-state index contributed by atoms with van der Waals surface area (Å²) >= 11 is 1.58. The summed E-state index contributed by atoms with van der Waals surface area (Å²) in [5.41, 5.74) is 4.13. The predicted molar refractivity (Wildman–Crippen MR) is 195 cm³/mol. The lowest BCUT2D eigenvalue weighted by atomic mass is 9.85. The second-order valence-electron chi connectivity index (χ2n) is 14.4. The number of hydrogen-bond donors (Lipinski definition) is 6. The number of hydrogen-bond acceptors (Lipinski definition) is 11. The first kappa shape index (κ1) is 37.3. The number of aromatic nitrogens is 3. The Morgan fingerprint density at radius 3 is 2.42 bits per heavy atom. The second-order valence-corrected chi connectivity index (χ2v) is 15.3. The van der Waals surface area contributed by atoms with E-state index in [1.165, 1.54) is 30.1 Å². The molecule has 5 rings (SSSR count). The topological polar surface area (TPSA) is 174 Å². The van der Waals surface area contributed by atoms with Gasteiger partial charge in [-0.3, -0.25) is 14.4 Å². The standard InChI is InChI=1S/C36H51N9O4S/c1-22(25-6-8-26(9-7-25)31-23(2)42-21-50-31)43-34(48)29-16-27(46)20-45(29)35(49)32(36(3,4)5)44-33(47)28-18-41-30(19-40-28)39-15-14-38-17-24-10-12-37-13-11-24/h6-9,18-19,21-22,24,27,29,32,37-38,46H,10-17,20H2,1-5H3,(H,39,41)(H,43,48)(H,44,47)/t22-,27+,29-,32+/m0/s1. The van der Waals surface area contributed by atoms with Gasteiger partial charge in [-0.25, -0.2) is 15.0 Å². The number of benzene rings is 1. The average molecular weight is 706 g/mol. The molecule has 4 atom stereocenters. The Labute approximate surface area is 298 Å². The van der Waals surface area contributed by atoms with E-state index in [4.69, 9.17) is 0 Å². The van der Waals surface area contributed by atoms with Gasteiger partial charge in [-0.1, -0.05) is 45.0 Å². The number of carbonyl (C=O) groups is 3. The summed E-state index contributed by atoms with van der Waals surface area (Å²) in [5.74, 6) is -0.101. The molecule has 6 N–H and O–H groups in total. The average Bonchev–Trinajstić information content (AvgIpc) is 3.72. The molecule has 2 aliphatic heterocycles. The van der Waals surface area contributed by atoms with Gasteiger partial charge in [0.25, 0.3) is 5.91 Å². The van der Waals surface area contributed by atoms with Crippen LogP contribution < -0.4 is 26.6 Å². The molecule has 2 aromatic heterocycles. The first-order valence-electron chi connectivity index (χ1n) is 17.5. The van der Waals surface area contributed by atoms with E-state index in [1.54, 1.807) is 11.3 Å². The van der Waals surface area contributed by atoms with Crippen molar-refractivity contribution in [1.29, 1.82) is 0 Å². The smallest absolute Gasteiger partial charge is 0.272 e. The maximum atomic E-state index is 14.0. The number of thiazole rings is 1. The highest BCUT2D eigenvalue weighted by atomic mass is 32.1. The van der Waals surface area contributed by atoms with Crippen LogP contribution in [-0.4, -0.2) is 100 Å². The number of nitrogens with zero attached hydrogens (tertiary/aromatic N) is 4. The number of rotatable bonds is 13. The zero-order valence-electron chi connectivity index (χ0n) is 29.7. The Hall–Kier alpha value is -3.98. The van der Waals surface area contributed by atoms with E-state index in [0.29, 0.717) is 18.3 Å². The number of carbonyl (C=O) groups excluding carboxylic acids is 3. The molecule has 13 nitrogen and oxygen atoms in total. The number of anilines is 1. The highest BCUT2D eigenvalue weighted by Gasteiger charge is 2.45. The van der Waals surface area contributed by atoms with Crippen LogP contribution in [0.15, 0.2) is 42.2 Å². The van der Waals surface area contributed by atoms with Gasteiger partial charge in [0.2, 0.25) is 11.8 Å². The highest BCUT2D eigenvalue weighted by Crippen LogP contribution is 2.29. The quantitative estimate of drug-likeness (QED) is 0.145. The summed E-state index contributed by atoms with van der Waals surface area (Å²) in [6, 6.07) is 5.75. The Kier molecular flexibility index (Phi) is 12.5. The Morgan fingerprint density at radius 1 is 1.04 bits per heavy atom. The monoisotopic (exact) mass is 705 g/mol. The molecule has 0 aliphatic carbocycles. The van der Waals surface area contributed by atoms with E-state index >= 15 is 0 Å². The van der Waals surface area contributed by atoms with Crippen molar-refractivity contribution in [2.45, 2.75) is 78.1 Å². The molecule has 50 heavy (non-hydrogen) atoms. The van der Waals surface area contributed by atoms with Crippen molar-refractivity contribution < 1.29 is 19.5 Å². The minimum absolute atomic E-state index is 0.0104. The van der Waals surface area contributed by atoms with Gasteiger partial charge >= 0.3 is 0 Å². The highest BCUT2D eigenvalue weighted by molar-refractivity contribution is 7.13. The zero-order valence-corrected chi connectivity index (χ0v) is 30.5. The number of amides is 3. The molecular formula is C36H51N9O4S. The molecule has 3 aromatic rings. The van der Waals surface area contributed by atoms with Crippen LogP contribution >= 0.6 is 11.3 Å². The van der Waals surface area contributed by atoms with Crippen molar-refractivity contribution in [3.05, 3.63) is 59.1 Å². The SMILES string of the molecule is Cc1ncsc1-c1ccc([C@H](C)NC(=O)[C@@H]2C[C@@H](O)CN2C(=O)[C@@H](NC(=O)c2cnc(NCCNCC3CCNCC3)cn2)C(C)(C)C)cc1. The van der Waals surface area contributed by atoms with Gasteiger partial charge in [0.05, 0.1) is 40.6 Å². The van der Waals surface area contributed by atoms with Crippen LogP contribution in [0.1, 0.15) is 74.7 Å². The van der Waals surface area contributed by atoms with Crippen LogP contribution in [0.25, 0.3) is 10.4 Å². The van der Waals surface area contributed by atoms with Crippen molar-refractivity contribution in [3.8, 4) is 10.4 Å². The van der Waals surface area contributed by atoms with Gasteiger partial charge in [0.15, 0.2) is 0 Å². The molecule has 0 saturated carbocycles. The molecule has 1 aromatic carbocycles. The Bertz CT molecular complexity index is 1590. The van der Waals surface area contributed by atoms with Crippen LogP contribution in [0.3, 0.4) is 0 Å². The predicted octanol–water partition coefficient (Wildman–Crippen LogP) is 2.89. The van der Waals surface area contributed by atoms with E-state index in [9.17, 15) is 19.5 Å². The van der Waals surface area contributed by atoms with Crippen LogP contribution in [-0.2, 0) is 9.59 Å². The number of aryl methyl sites for hydroxylation is 1. The normalized spacial score (nSPS) is 19.5. The fourth-order valence-corrected chi connectivity index (χ4v) is 7.24. The van der Waals surface area contributed by atoms with E-state index in [1.807, 2.05) is 64.4 Å². The molecule has 0 unspecified atom stereocenters. The van der Waals surface area contributed by atoms with E-state index in [0.717, 1.165) is 47.9 Å². The minimum atomic E-state index is -0.985. The summed E-state index contributed by atoms with van der Waals surface area (Å²) in [6.07, 6.45) is 4.50. The van der Waals surface area contributed by atoms with E-state index < -0.39 is 35.4 Å². The molecule has 0 bridgehead atoms. The number of aliphatic hydroxyl groups is 1. The van der Waals surface area contributed by atoms with Crippen LogP contribution in [0.2, 0.25) is 0 Å². The summed E-state index contributed by atoms with van der Waals surface area (Å²) < 4.78 is 0. The van der Waals surface area contributed by atoms with Crippen molar-refractivity contribution in [1.82, 2.24) is 41.1 Å². The fourth-order valence-electron chi connectivity index (χ4n) is 6.43. The molecular weight excluding hydrogens is 655 g/mol. The second kappa shape index (κ2) is 16.8. The van der Waals surface area contributed by atoms with Crippen molar-refractivity contribution >= 4 is 34.9 Å². The summed E-state index contributed by atoms with van der Waals surface area (Å²) in [7, 11) is 0. The lowest BCUT2D eigenvalue weighted by Crippen LogP contribution is -2.58. The largest absolute Gasteiger partial charge is 0.391 e. The number of likely N-dealkylation sites (tertiary alicyclic amines) is 1. The van der Waals surface area contributed by atoms with Gasteiger partial charge in [-0.2, -0.15) is 0 Å². The fraction of sp³-hybridized carbons (Fsp3) is 0.556. The number of piperidine rings is 1. The molecule has 3 amide bonds. The summed E-state index contributed by atoms with van der Waals surface area (Å²) in [6.45, 7) is 14.0. The minimum Gasteiger partial charge on any atom is -0.391 e. The maximum absolute atomic E-state index is 14.0. The third-order valence-corrected chi connectivity index (χ3v) is 10.4. The molecule has 2 fully saturated rings. The first-order valence-corrected chi connectivity index (χ1v) is 18.4. The lowest BCUT2D eigenvalue weighted by Gasteiger charge is -2.35. The van der Waals surface area contributed by atoms with Crippen LogP contribution in [0, 0.1) is 18.3 Å². The summed E-state index contributed by atoms with van der Waals surface area (Å²) in [4.78, 5) is 56.4.